The Morgan fingerprint density at radius 1 is 0.963 bits per heavy atom. The van der Waals surface area contributed by atoms with Crippen LogP contribution >= 0.6 is 0 Å². The van der Waals surface area contributed by atoms with Crippen LogP contribution in [0.15, 0.2) is 29.2 Å². The highest BCUT2D eigenvalue weighted by atomic mass is 32.2. The molecule has 0 saturated carbocycles. The third-order valence-electron chi connectivity index (χ3n) is 5.26. The van der Waals surface area contributed by atoms with Gasteiger partial charge >= 0.3 is 0 Å². The number of aryl methyl sites for hydroxylation is 2. The van der Waals surface area contributed by atoms with Gasteiger partial charge in [-0.05, 0) is 56.9 Å². The van der Waals surface area contributed by atoms with E-state index in [1.807, 2.05) is 6.92 Å². The van der Waals surface area contributed by atoms with Crippen LogP contribution in [-0.2, 0) is 22.9 Å². The molecule has 27 heavy (non-hydrogen) atoms. The minimum Gasteiger partial charge on any atom is -0.354 e. The number of rotatable bonds is 3. The summed E-state index contributed by atoms with van der Waals surface area (Å²) in [6.45, 7) is 3.86. The van der Waals surface area contributed by atoms with Crippen LogP contribution < -0.4 is 4.90 Å². The Balaban J connectivity index is 1.53. The van der Waals surface area contributed by atoms with Crippen molar-refractivity contribution in [3.63, 3.8) is 0 Å². The first-order chi connectivity index (χ1) is 12.9. The van der Waals surface area contributed by atoms with Gasteiger partial charge in [0.15, 0.2) is 0 Å². The summed E-state index contributed by atoms with van der Waals surface area (Å²) in [6, 6.07) is 5.00. The van der Waals surface area contributed by atoms with Gasteiger partial charge in [0.1, 0.15) is 17.5 Å². The van der Waals surface area contributed by atoms with E-state index in [2.05, 4.69) is 14.9 Å². The molecule has 1 aliphatic carbocycles. The summed E-state index contributed by atoms with van der Waals surface area (Å²) in [5.74, 6) is 1.30. The molecule has 2 aliphatic rings. The van der Waals surface area contributed by atoms with E-state index < -0.39 is 15.8 Å². The Kier molecular flexibility index (Phi) is 4.86. The van der Waals surface area contributed by atoms with Crippen LogP contribution in [0.3, 0.4) is 0 Å². The lowest BCUT2D eigenvalue weighted by atomic mass is 9.96. The number of halogens is 1. The average molecular weight is 390 g/mol. The second-order valence-electron chi connectivity index (χ2n) is 7.07. The summed E-state index contributed by atoms with van der Waals surface area (Å²) in [4.78, 5) is 11.6. The molecule has 6 nitrogen and oxygen atoms in total. The van der Waals surface area contributed by atoms with Crippen LogP contribution in [0.25, 0.3) is 0 Å². The molecule has 0 unspecified atom stereocenters. The maximum Gasteiger partial charge on any atom is 0.243 e. The molecule has 0 atom stereocenters. The van der Waals surface area contributed by atoms with Crippen molar-refractivity contribution in [1.82, 2.24) is 14.3 Å². The van der Waals surface area contributed by atoms with Crippen molar-refractivity contribution < 1.29 is 12.8 Å². The fraction of sp³-hybridized carbons (Fsp3) is 0.474. The van der Waals surface area contributed by atoms with Gasteiger partial charge < -0.3 is 4.90 Å². The standard InChI is InChI=1S/C19H23FN4O2S/c1-14-21-18-5-3-2-4-17(18)19(22-14)23-10-12-24(13-11-23)27(25,26)16-8-6-15(20)7-9-16/h6-9H,2-5,10-13H2,1H3. The first kappa shape index (κ1) is 18.3. The molecule has 0 radical (unpaired) electrons. The monoisotopic (exact) mass is 390 g/mol. The van der Waals surface area contributed by atoms with Gasteiger partial charge in [-0.2, -0.15) is 4.31 Å². The van der Waals surface area contributed by atoms with E-state index in [1.54, 1.807) is 0 Å². The molecule has 0 spiro atoms. The summed E-state index contributed by atoms with van der Waals surface area (Å²) in [7, 11) is -3.60. The molecule has 144 valence electrons. The molecule has 1 aromatic carbocycles. The maximum absolute atomic E-state index is 13.1. The second-order valence-corrected chi connectivity index (χ2v) is 9.01. The number of fused-ring (bicyclic) bond motifs is 1. The zero-order chi connectivity index (χ0) is 19.0. The summed E-state index contributed by atoms with van der Waals surface area (Å²) >= 11 is 0. The van der Waals surface area contributed by atoms with Crippen molar-refractivity contribution in [2.75, 3.05) is 31.1 Å². The summed E-state index contributed by atoms with van der Waals surface area (Å²) in [6.07, 6.45) is 4.28. The SMILES string of the molecule is Cc1nc2c(c(N3CCN(S(=O)(=O)c4ccc(F)cc4)CC3)n1)CCCC2. The number of anilines is 1. The molecule has 1 fully saturated rings. The fourth-order valence-electron chi connectivity index (χ4n) is 3.85. The molecule has 1 aliphatic heterocycles. The maximum atomic E-state index is 13.1. The lowest BCUT2D eigenvalue weighted by Crippen LogP contribution is -2.49. The number of hydrogen-bond donors (Lipinski definition) is 0. The van der Waals surface area contributed by atoms with E-state index in [0.717, 1.165) is 43.0 Å². The van der Waals surface area contributed by atoms with E-state index in [9.17, 15) is 12.8 Å². The largest absolute Gasteiger partial charge is 0.354 e. The quantitative estimate of drug-likeness (QED) is 0.805. The Labute approximate surface area is 159 Å². The van der Waals surface area contributed by atoms with E-state index >= 15 is 0 Å². The van der Waals surface area contributed by atoms with Crippen molar-refractivity contribution in [2.45, 2.75) is 37.5 Å². The molecular formula is C19H23FN4O2S. The molecule has 0 bridgehead atoms. The smallest absolute Gasteiger partial charge is 0.243 e. The summed E-state index contributed by atoms with van der Waals surface area (Å²) in [5, 5.41) is 0. The van der Waals surface area contributed by atoms with Gasteiger partial charge in [-0.3, -0.25) is 0 Å². The Bertz CT molecular complexity index is 939. The van der Waals surface area contributed by atoms with Crippen LogP contribution in [0.5, 0.6) is 0 Å². The van der Waals surface area contributed by atoms with E-state index in [-0.39, 0.29) is 4.90 Å². The first-order valence-corrected chi connectivity index (χ1v) is 10.8. The van der Waals surface area contributed by atoms with Crippen molar-refractivity contribution in [3.8, 4) is 0 Å². The van der Waals surface area contributed by atoms with Gasteiger partial charge in [0.25, 0.3) is 0 Å². The molecule has 2 heterocycles. The minimum absolute atomic E-state index is 0.132. The Morgan fingerprint density at radius 2 is 1.63 bits per heavy atom. The van der Waals surface area contributed by atoms with Gasteiger partial charge in [0.05, 0.1) is 4.90 Å². The topological polar surface area (TPSA) is 66.4 Å². The predicted molar refractivity (Wildman–Crippen MR) is 101 cm³/mol. The summed E-state index contributed by atoms with van der Waals surface area (Å²) in [5.41, 5.74) is 2.37. The molecule has 1 saturated heterocycles. The Hall–Kier alpha value is -2.06. The summed E-state index contributed by atoms with van der Waals surface area (Å²) < 4.78 is 40.1. The van der Waals surface area contributed by atoms with Crippen molar-refractivity contribution in [1.29, 1.82) is 0 Å². The molecule has 4 rings (SSSR count). The first-order valence-electron chi connectivity index (χ1n) is 9.32. The zero-order valence-corrected chi connectivity index (χ0v) is 16.2. The highest BCUT2D eigenvalue weighted by molar-refractivity contribution is 7.89. The van der Waals surface area contributed by atoms with Gasteiger partial charge in [0, 0.05) is 37.4 Å². The fourth-order valence-corrected chi connectivity index (χ4v) is 5.27. The minimum atomic E-state index is -3.60. The van der Waals surface area contributed by atoms with Crippen LogP contribution in [0.2, 0.25) is 0 Å². The van der Waals surface area contributed by atoms with Crippen molar-refractivity contribution in [3.05, 3.63) is 47.2 Å². The number of hydrogen-bond acceptors (Lipinski definition) is 5. The third kappa shape index (κ3) is 3.55. The third-order valence-corrected chi connectivity index (χ3v) is 7.18. The van der Waals surface area contributed by atoms with Gasteiger partial charge in [-0.25, -0.2) is 22.8 Å². The number of sulfonamides is 1. The van der Waals surface area contributed by atoms with E-state index in [0.29, 0.717) is 26.2 Å². The molecule has 0 amide bonds. The molecule has 1 aromatic heterocycles. The van der Waals surface area contributed by atoms with Gasteiger partial charge in [-0.15, -0.1) is 0 Å². The van der Waals surface area contributed by atoms with Crippen LogP contribution in [-0.4, -0.2) is 48.9 Å². The normalized spacial score (nSPS) is 18.4. The zero-order valence-electron chi connectivity index (χ0n) is 15.4. The van der Waals surface area contributed by atoms with Gasteiger partial charge in [0.2, 0.25) is 10.0 Å². The van der Waals surface area contributed by atoms with E-state index in [1.165, 1.54) is 34.1 Å². The highest BCUT2D eigenvalue weighted by Crippen LogP contribution is 2.29. The van der Waals surface area contributed by atoms with Gasteiger partial charge in [-0.1, -0.05) is 0 Å². The lowest BCUT2D eigenvalue weighted by Gasteiger charge is -2.36. The van der Waals surface area contributed by atoms with E-state index in [4.69, 9.17) is 0 Å². The number of aromatic nitrogens is 2. The molecule has 2 aromatic rings. The van der Waals surface area contributed by atoms with Crippen LogP contribution in [0.1, 0.15) is 29.9 Å². The number of benzene rings is 1. The Morgan fingerprint density at radius 3 is 2.33 bits per heavy atom. The second kappa shape index (κ2) is 7.16. The molecule has 0 N–H and O–H groups in total. The average Bonchev–Trinajstić information content (AvgIpc) is 2.68. The number of piperazine rings is 1. The molecule has 8 heteroatoms. The highest BCUT2D eigenvalue weighted by Gasteiger charge is 2.30. The lowest BCUT2D eigenvalue weighted by molar-refractivity contribution is 0.383. The van der Waals surface area contributed by atoms with Crippen molar-refractivity contribution >= 4 is 15.8 Å². The predicted octanol–water partition coefficient (Wildman–Crippen LogP) is 2.31. The molecular weight excluding hydrogens is 367 g/mol. The van der Waals surface area contributed by atoms with Crippen LogP contribution in [0.4, 0.5) is 10.2 Å². The van der Waals surface area contributed by atoms with Crippen LogP contribution in [0, 0.1) is 12.7 Å². The number of nitrogens with zero attached hydrogens (tertiary/aromatic N) is 4. The van der Waals surface area contributed by atoms with Crippen molar-refractivity contribution in [2.24, 2.45) is 0 Å².